The van der Waals surface area contributed by atoms with Crippen molar-refractivity contribution in [3.05, 3.63) is 36.3 Å². The zero-order chi connectivity index (χ0) is 16.7. The molecule has 0 aliphatic rings. The zero-order valence-corrected chi connectivity index (χ0v) is 13.2. The van der Waals surface area contributed by atoms with Gasteiger partial charge < -0.3 is 18.9 Å². The number of hydrogen-bond acceptors (Lipinski definition) is 7. The first kappa shape index (κ1) is 16.7. The molecule has 2 aromatic rings. The van der Waals surface area contributed by atoms with Crippen molar-refractivity contribution in [3.63, 3.8) is 0 Å². The van der Waals surface area contributed by atoms with E-state index in [0.29, 0.717) is 29.4 Å². The van der Waals surface area contributed by atoms with Gasteiger partial charge in [0.2, 0.25) is 0 Å². The van der Waals surface area contributed by atoms with Crippen molar-refractivity contribution in [1.82, 2.24) is 9.97 Å². The van der Waals surface area contributed by atoms with Crippen LogP contribution in [0.15, 0.2) is 30.6 Å². The van der Waals surface area contributed by atoms with Crippen LogP contribution in [0.2, 0.25) is 0 Å². The molecular formula is C16H18N2O5. The third-order valence-electron chi connectivity index (χ3n) is 2.90. The van der Waals surface area contributed by atoms with Crippen LogP contribution in [0.3, 0.4) is 0 Å². The van der Waals surface area contributed by atoms with Gasteiger partial charge in [0, 0.05) is 18.7 Å². The maximum Gasteiger partial charge on any atom is 0.358 e. The second-order valence-corrected chi connectivity index (χ2v) is 4.42. The van der Waals surface area contributed by atoms with Gasteiger partial charge in [-0.3, -0.25) is 4.98 Å². The molecule has 122 valence electrons. The molecule has 0 saturated carbocycles. The fourth-order valence-corrected chi connectivity index (χ4v) is 1.91. The van der Waals surface area contributed by atoms with Crippen LogP contribution in [0.4, 0.5) is 0 Å². The molecule has 0 saturated heterocycles. The molecule has 0 bridgehead atoms. The minimum absolute atomic E-state index is 0.0761. The molecule has 0 atom stereocenters. The van der Waals surface area contributed by atoms with E-state index in [1.54, 1.807) is 24.4 Å². The number of aromatic nitrogens is 2. The molecule has 2 rings (SSSR count). The molecular weight excluding hydrogens is 300 g/mol. The van der Waals surface area contributed by atoms with E-state index in [2.05, 4.69) is 14.7 Å². The lowest BCUT2D eigenvalue weighted by atomic mass is 10.1. The molecule has 0 aliphatic carbocycles. The Kier molecular flexibility index (Phi) is 5.87. The maximum atomic E-state index is 11.6. The molecule has 0 amide bonds. The highest BCUT2D eigenvalue weighted by molar-refractivity contribution is 5.87. The van der Waals surface area contributed by atoms with Crippen molar-refractivity contribution in [3.8, 4) is 22.8 Å². The smallest absolute Gasteiger partial charge is 0.358 e. The van der Waals surface area contributed by atoms with Gasteiger partial charge in [0.25, 0.3) is 0 Å². The number of rotatable bonds is 7. The highest BCUT2D eigenvalue weighted by Crippen LogP contribution is 2.32. The van der Waals surface area contributed by atoms with Crippen molar-refractivity contribution in [2.24, 2.45) is 0 Å². The van der Waals surface area contributed by atoms with Crippen LogP contribution in [0, 0.1) is 0 Å². The van der Waals surface area contributed by atoms with Crippen LogP contribution in [0.1, 0.15) is 17.4 Å². The van der Waals surface area contributed by atoms with Gasteiger partial charge in [-0.15, -0.1) is 0 Å². The van der Waals surface area contributed by atoms with Gasteiger partial charge in [-0.05, 0) is 19.1 Å². The average Bonchev–Trinajstić information content (AvgIpc) is 2.59. The first-order valence-corrected chi connectivity index (χ1v) is 6.99. The van der Waals surface area contributed by atoms with Gasteiger partial charge in [-0.25, -0.2) is 9.78 Å². The van der Waals surface area contributed by atoms with Crippen LogP contribution >= 0.6 is 0 Å². The highest BCUT2D eigenvalue weighted by atomic mass is 16.7. The molecule has 0 spiro atoms. The minimum atomic E-state index is -0.551. The third kappa shape index (κ3) is 4.17. The predicted molar refractivity (Wildman–Crippen MR) is 82.5 cm³/mol. The zero-order valence-electron chi connectivity index (χ0n) is 13.2. The fraction of sp³-hybridized carbons (Fsp3) is 0.312. The summed E-state index contributed by atoms with van der Waals surface area (Å²) in [5.41, 5.74) is 1.28. The molecule has 0 N–H and O–H groups in total. The maximum absolute atomic E-state index is 11.6. The van der Waals surface area contributed by atoms with Gasteiger partial charge in [-0.1, -0.05) is 0 Å². The number of esters is 1. The Hall–Kier alpha value is -2.67. The number of methoxy groups -OCH3 is 2. The Labute approximate surface area is 134 Å². The van der Waals surface area contributed by atoms with Crippen molar-refractivity contribution in [1.29, 1.82) is 0 Å². The molecule has 7 nitrogen and oxygen atoms in total. The lowest BCUT2D eigenvalue weighted by Crippen LogP contribution is -2.06. The molecule has 0 unspecified atom stereocenters. The van der Waals surface area contributed by atoms with Gasteiger partial charge in [0.05, 0.1) is 31.8 Å². The quantitative estimate of drug-likeness (QED) is 0.572. The van der Waals surface area contributed by atoms with E-state index in [1.807, 2.05) is 6.92 Å². The highest BCUT2D eigenvalue weighted by Gasteiger charge is 2.14. The third-order valence-corrected chi connectivity index (χ3v) is 2.90. The van der Waals surface area contributed by atoms with Crippen molar-refractivity contribution in [2.45, 2.75) is 6.92 Å². The first-order valence-electron chi connectivity index (χ1n) is 6.99. The van der Waals surface area contributed by atoms with Gasteiger partial charge >= 0.3 is 5.97 Å². The molecule has 1 aromatic heterocycles. The van der Waals surface area contributed by atoms with Gasteiger partial charge in [0.15, 0.2) is 12.5 Å². The summed E-state index contributed by atoms with van der Waals surface area (Å²) in [4.78, 5) is 19.9. The first-order chi connectivity index (χ1) is 11.2. The second-order valence-electron chi connectivity index (χ2n) is 4.42. The molecule has 0 fully saturated rings. The number of carbonyl (C=O) groups excluding carboxylic acids is 1. The van der Waals surface area contributed by atoms with Crippen LogP contribution in [0.25, 0.3) is 11.3 Å². The van der Waals surface area contributed by atoms with E-state index in [9.17, 15) is 4.79 Å². The number of hydrogen-bond donors (Lipinski definition) is 0. The molecule has 0 aliphatic heterocycles. The molecule has 7 heteroatoms. The van der Waals surface area contributed by atoms with Crippen LogP contribution < -0.4 is 9.47 Å². The van der Waals surface area contributed by atoms with Crippen LogP contribution in [-0.2, 0) is 9.47 Å². The largest absolute Gasteiger partial charge is 0.494 e. The molecule has 1 aromatic carbocycles. The molecule has 0 radical (unpaired) electrons. The van der Waals surface area contributed by atoms with Crippen LogP contribution in [-0.4, -0.2) is 43.6 Å². The summed E-state index contributed by atoms with van der Waals surface area (Å²) >= 11 is 0. The predicted octanol–water partition coefficient (Wildman–Crippen LogP) is 2.31. The Bertz CT molecular complexity index is 675. The number of carbonyl (C=O) groups is 1. The molecule has 1 heterocycles. The minimum Gasteiger partial charge on any atom is -0.494 e. The van der Waals surface area contributed by atoms with Gasteiger partial charge in [0.1, 0.15) is 11.5 Å². The van der Waals surface area contributed by atoms with E-state index in [4.69, 9.17) is 14.2 Å². The standard InChI is InChI=1S/C16H18N2O5/c1-4-22-11-5-6-12(15(7-11)23-10-20-2)13-8-17-9-14(18-13)16(19)21-3/h5-9H,4,10H2,1-3H3. The van der Waals surface area contributed by atoms with E-state index in [-0.39, 0.29) is 12.5 Å². The summed E-state index contributed by atoms with van der Waals surface area (Å²) in [5.74, 6) is 0.637. The number of nitrogens with zero attached hydrogens (tertiary/aromatic N) is 2. The van der Waals surface area contributed by atoms with E-state index in [1.165, 1.54) is 20.4 Å². The summed E-state index contributed by atoms with van der Waals surface area (Å²) in [6.07, 6.45) is 2.89. The van der Waals surface area contributed by atoms with Crippen molar-refractivity contribution < 1.29 is 23.7 Å². The lowest BCUT2D eigenvalue weighted by Gasteiger charge is -2.13. The monoisotopic (exact) mass is 318 g/mol. The van der Waals surface area contributed by atoms with E-state index in [0.717, 1.165) is 0 Å². The topological polar surface area (TPSA) is 79.8 Å². The Morgan fingerprint density at radius 1 is 1.17 bits per heavy atom. The summed E-state index contributed by atoms with van der Waals surface area (Å²) in [7, 11) is 2.82. The average molecular weight is 318 g/mol. The van der Waals surface area contributed by atoms with Crippen LogP contribution in [0.5, 0.6) is 11.5 Å². The van der Waals surface area contributed by atoms with Crippen molar-refractivity contribution >= 4 is 5.97 Å². The summed E-state index contributed by atoms with van der Waals surface area (Å²) in [6, 6.07) is 5.33. The summed E-state index contributed by atoms with van der Waals surface area (Å²) < 4.78 is 20.6. The van der Waals surface area contributed by atoms with E-state index >= 15 is 0 Å². The normalized spacial score (nSPS) is 10.2. The van der Waals surface area contributed by atoms with E-state index < -0.39 is 5.97 Å². The van der Waals surface area contributed by atoms with Crippen molar-refractivity contribution in [2.75, 3.05) is 27.6 Å². The Morgan fingerprint density at radius 3 is 2.70 bits per heavy atom. The second kappa shape index (κ2) is 8.09. The lowest BCUT2D eigenvalue weighted by molar-refractivity contribution is 0.0513. The molecule has 23 heavy (non-hydrogen) atoms. The summed E-state index contributed by atoms with van der Waals surface area (Å²) in [6.45, 7) is 2.52. The fourth-order valence-electron chi connectivity index (χ4n) is 1.91. The Morgan fingerprint density at radius 2 is 2.00 bits per heavy atom. The number of benzene rings is 1. The SMILES string of the molecule is CCOc1ccc(-c2cncc(C(=O)OC)n2)c(OCOC)c1. The Balaban J connectivity index is 2.42. The van der Waals surface area contributed by atoms with Gasteiger partial charge in [-0.2, -0.15) is 0 Å². The summed E-state index contributed by atoms with van der Waals surface area (Å²) in [5, 5.41) is 0. The number of ether oxygens (including phenoxy) is 4.